The molecule has 0 bridgehead atoms. The molecule has 2 heterocycles. The summed E-state index contributed by atoms with van der Waals surface area (Å²) in [5, 5.41) is -0.578. The molecule has 112 valence electrons. The summed E-state index contributed by atoms with van der Waals surface area (Å²) in [6, 6.07) is 2.07. The van der Waals surface area contributed by atoms with E-state index >= 15 is 0 Å². The molecule has 21 heavy (non-hydrogen) atoms. The van der Waals surface area contributed by atoms with Crippen molar-refractivity contribution in [1.29, 1.82) is 0 Å². The zero-order valence-electron chi connectivity index (χ0n) is 10.8. The van der Waals surface area contributed by atoms with E-state index in [-0.39, 0.29) is 0 Å². The molecule has 0 saturated carbocycles. The molecule has 0 aliphatic heterocycles. The minimum atomic E-state index is -4.64. The highest BCUT2D eigenvalue weighted by Crippen LogP contribution is 2.29. The third-order valence-electron chi connectivity index (χ3n) is 2.84. The fourth-order valence-corrected chi connectivity index (χ4v) is 2.01. The van der Waals surface area contributed by atoms with Gasteiger partial charge in [-0.2, -0.15) is 13.2 Å². The maximum atomic E-state index is 12.7. The quantitative estimate of drug-likeness (QED) is 0.817. The highest BCUT2D eigenvalue weighted by atomic mass is 35.5. The van der Waals surface area contributed by atoms with Crippen LogP contribution in [0.5, 0.6) is 0 Å². The van der Waals surface area contributed by atoms with Crippen LogP contribution in [0.15, 0.2) is 35.5 Å². The molecular formula is C13H10ClF3N2O2. The molecule has 0 spiro atoms. The lowest BCUT2D eigenvalue weighted by Gasteiger charge is -2.11. The first kappa shape index (κ1) is 15.4. The molecule has 0 N–H and O–H groups in total. The maximum absolute atomic E-state index is 12.7. The Morgan fingerprint density at radius 2 is 2.00 bits per heavy atom. The Morgan fingerprint density at radius 3 is 2.52 bits per heavy atom. The fourth-order valence-electron chi connectivity index (χ4n) is 1.79. The molecule has 0 aliphatic carbocycles. The minimum absolute atomic E-state index is 0.304. The smallest absolute Gasteiger partial charge is 0.357 e. The van der Waals surface area contributed by atoms with Crippen LogP contribution in [0.4, 0.5) is 13.2 Å². The van der Waals surface area contributed by atoms with Crippen LogP contribution in [0.2, 0.25) is 5.02 Å². The number of pyridine rings is 1. The van der Waals surface area contributed by atoms with Crippen LogP contribution in [-0.2, 0) is 19.8 Å². The zero-order chi connectivity index (χ0) is 15.8. The summed E-state index contributed by atoms with van der Waals surface area (Å²) in [6.45, 7) is -0.507. The van der Waals surface area contributed by atoms with Gasteiger partial charge in [0.2, 0.25) is 0 Å². The van der Waals surface area contributed by atoms with Gasteiger partial charge in [-0.3, -0.25) is 9.59 Å². The van der Waals surface area contributed by atoms with Gasteiger partial charge in [-0.15, -0.1) is 0 Å². The molecule has 0 unspecified atom stereocenters. The summed E-state index contributed by atoms with van der Waals surface area (Å²) in [4.78, 5) is 23.7. The number of ketones is 1. The first-order valence-electron chi connectivity index (χ1n) is 5.81. The van der Waals surface area contributed by atoms with E-state index in [1.807, 2.05) is 0 Å². The van der Waals surface area contributed by atoms with Gasteiger partial charge in [-0.25, -0.2) is 0 Å². The van der Waals surface area contributed by atoms with Crippen molar-refractivity contribution in [1.82, 2.24) is 9.13 Å². The summed E-state index contributed by atoms with van der Waals surface area (Å²) in [5.41, 5.74) is -1.61. The topological polar surface area (TPSA) is 44.0 Å². The summed E-state index contributed by atoms with van der Waals surface area (Å²) < 4.78 is 40.3. The van der Waals surface area contributed by atoms with Crippen molar-refractivity contribution in [3.05, 3.63) is 57.2 Å². The van der Waals surface area contributed by atoms with Gasteiger partial charge in [-0.05, 0) is 12.1 Å². The van der Waals surface area contributed by atoms with Crippen molar-refractivity contribution in [3.8, 4) is 0 Å². The normalized spacial score (nSPS) is 11.7. The van der Waals surface area contributed by atoms with Gasteiger partial charge in [0.05, 0.1) is 12.1 Å². The summed E-state index contributed by atoms with van der Waals surface area (Å²) in [5.74, 6) is -0.479. The predicted octanol–water partition coefficient (Wildman–Crippen LogP) is 2.74. The molecule has 2 aromatic heterocycles. The van der Waals surface area contributed by atoms with Gasteiger partial charge in [0, 0.05) is 31.2 Å². The molecular weight excluding hydrogens is 309 g/mol. The van der Waals surface area contributed by atoms with E-state index < -0.39 is 34.6 Å². The van der Waals surface area contributed by atoms with E-state index in [0.717, 1.165) is 0 Å². The molecule has 0 radical (unpaired) electrons. The highest BCUT2D eigenvalue weighted by molar-refractivity contribution is 6.30. The number of aromatic nitrogens is 2. The molecule has 0 amide bonds. The van der Waals surface area contributed by atoms with E-state index in [1.165, 1.54) is 12.3 Å². The van der Waals surface area contributed by atoms with Gasteiger partial charge in [0.15, 0.2) is 5.78 Å². The van der Waals surface area contributed by atoms with Crippen LogP contribution in [0.1, 0.15) is 15.9 Å². The van der Waals surface area contributed by atoms with Crippen LogP contribution in [0.3, 0.4) is 0 Å². The maximum Gasteiger partial charge on any atom is 0.417 e. The lowest BCUT2D eigenvalue weighted by atomic mass is 10.2. The Hall–Kier alpha value is -2.02. The predicted molar refractivity (Wildman–Crippen MR) is 70.5 cm³/mol. The van der Waals surface area contributed by atoms with Crippen LogP contribution in [-0.4, -0.2) is 14.9 Å². The molecule has 4 nitrogen and oxygen atoms in total. The largest absolute Gasteiger partial charge is 0.417 e. The number of carbonyl (C=O) groups excluding carboxylic acids is 1. The number of halogens is 4. The van der Waals surface area contributed by atoms with Gasteiger partial charge in [0.1, 0.15) is 5.02 Å². The van der Waals surface area contributed by atoms with Crippen LogP contribution < -0.4 is 5.56 Å². The molecule has 0 aliphatic rings. The Morgan fingerprint density at radius 1 is 1.33 bits per heavy atom. The van der Waals surface area contributed by atoms with Crippen LogP contribution in [0, 0.1) is 0 Å². The molecule has 0 atom stereocenters. The lowest BCUT2D eigenvalue weighted by Crippen LogP contribution is -2.26. The number of carbonyl (C=O) groups is 1. The van der Waals surface area contributed by atoms with Crippen molar-refractivity contribution < 1.29 is 18.0 Å². The van der Waals surface area contributed by atoms with Gasteiger partial charge < -0.3 is 9.13 Å². The van der Waals surface area contributed by atoms with E-state index in [9.17, 15) is 22.8 Å². The number of Topliss-reactive ketones (excluding diaryl/α,β-unsaturated/α-hetero) is 1. The van der Waals surface area contributed by atoms with Crippen LogP contribution >= 0.6 is 11.6 Å². The fraction of sp³-hybridized carbons (Fsp3) is 0.231. The van der Waals surface area contributed by atoms with Gasteiger partial charge >= 0.3 is 6.18 Å². The second-order valence-corrected chi connectivity index (χ2v) is 4.90. The SMILES string of the molecule is Cn1ccc(C(=O)Cn2cc(C(F)(F)F)cc(Cl)c2=O)c1. The van der Waals surface area contributed by atoms with Crippen molar-refractivity contribution in [2.45, 2.75) is 12.7 Å². The van der Waals surface area contributed by atoms with Crippen molar-refractivity contribution in [2.24, 2.45) is 7.05 Å². The standard InChI is InChI=1S/C13H10ClF3N2O2/c1-18-3-2-8(5-18)11(20)7-19-6-9(13(15,16)17)4-10(14)12(19)21/h2-6H,7H2,1H3. The zero-order valence-corrected chi connectivity index (χ0v) is 11.6. The Bertz CT molecular complexity index is 747. The van der Waals surface area contributed by atoms with Crippen molar-refractivity contribution >= 4 is 17.4 Å². The molecule has 0 aromatic carbocycles. The van der Waals surface area contributed by atoms with Crippen molar-refractivity contribution in [2.75, 3.05) is 0 Å². The van der Waals surface area contributed by atoms with Gasteiger partial charge in [-0.1, -0.05) is 11.6 Å². The van der Waals surface area contributed by atoms with Gasteiger partial charge in [0.25, 0.3) is 5.56 Å². The third-order valence-corrected chi connectivity index (χ3v) is 3.11. The highest BCUT2D eigenvalue weighted by Gasteiger charge is 2.32. The number of hydrogen-bond donors (Lipinski definition) is 0. The lowest BCUT2D eigenvalue weighted by molar-refractivity contribution is -0.138. The number of rotatable bonds is 3. The average Bonchev–Trinajstić information content (AvgIpc) is 2.80. The van der Waals surface area contributed by atoms with E-state index in [4.69, 9.17) is 11.6 Å². The molecule has 2 aromatic rings. The number of nitrogens with zero attached hydrogens (tertiary/aromatic N) is 2. The van der Waals surface area contributed by atoms with E-state index in [2.05, 4.69) is 0 Å². The second kappa shape index (κ2) is 5.40. The molecule has 8 heteroatoms. The third kappa shape index (κ3) is 3.36. The molecule has 0 saturated heterocycles. The first-order valence-corrected chi connectivity index (χ1v) is 6.18. The summed E-state index contributed by atoms with van der Waals surface area (Å²) >= 11 is 5.51. The first-order chi connectivity index (χ1) is 9.68. The minimum Gasteiger partial charge on any atom is -0.357 e. The Labute approximate surface area is 122 Å². The molecule has 2 rings (SSSR count). The second-order valence-electron chi connectivity index (χ2n) is 4.50. The number of alkyl halides is 3. The number of hydrogen-bond acceptors (Lipinski definition) is 2. The monoisotopic (exact) mass is 318 g/mol. The van der Waals surface area contributed by atoms with Crippen LogP contribution in [0.25, 0.3) is 0 Å². The molecule has 0 fully saturated rings. The number of aryl methyl sites for hydroxylation is 1. The Balaban J connectivity index is 2.38. The summed E-state index contributed by atoms with van der Waals surface area (Å²) in [7, 11) is 1.70. The van der Waals surface area contributed by atoms with E-state index in [1.54, 1.807) is 17.8 Å². The average molecular weight is 319 g/mol. The summed E-state index contributed by atoms with van der Waals surface area (Å²) in [6.07, 6.45) is -0.915. The Kier molecular flexibility index (Phi) is 3.95. The van der Waals surface area contributed by atoms with E-state index in [0.29, 0.717) is 22.4 Å². The van der Waals surface area contributed by atoms with Crippen molar-refractivity contribution in [3.63, 3.8) is 0 Å².